The van der Waals surface area contributed by atoms with Gasteiger partial charge in [0.2, 0.25) is 17.1 Å². The van der Waals surface area contributed by atoms with Crippen LogP contribution in [0.1, 0.15) is 29.4 Å². The van der Waals surface area contributed by atoms with E-state index in [1.54, 1.807) is 29.2 Å². The van der Waals surface area contributed by atoms with E-state index in [2.05, 4.69) is 0 Å². The van der Waals surface area contributed by atoms with E-state index >= 15 is 0 Å². The van der Waals surface area contributed by atoms with E-state index in [-0.39, 0.29) is 41.4 Å². The van der Waals surface area contributed by atoms with Gasteiger partial charge in [-0.1, -0.05) is 12.1 Å². The van der Waals surface area contributed by atoms with Crippen LogP contribution in [0.5, 0.6) is 5.75 Å². The molecule has 1 atom stereocenters. The molecule has 1 aromatic carbocycles. The van der Waals surface area contributed by atoms with Crippen LogP contribution < -0.4 is 10.9 Å². The van der Waals surface area contributed by atoms with Gasteiger partial charge in [-0.05, 0) is 12.1 Å². The van der Waals surface area contributed by atoms with Crippen LogP contribution in [0, 0.1) is 0 Å². The first kappa shape index (κ1) is 21.8. The molecule has 9 nitrogen and oxygen atoms in total. The number of para-hydroxylation sites is 1. The molecule has 1 aliphatic rings. The normalized spacial score (nSPS) is 15.1. The molecule has 0 unspecified atom stereocenters. The number of hydrogen-bond acceptors (Lipinski definition) is 8. The summed E-state index contributed by atoms with van der Waals surface area (Å²) in [5.74, 6) is -1.95. The summed E-state index contributed by atoms with van der Waals surface area (Å²) in [6.45, 7) is 1.64. The average molecular weight is 441 g/mol. The first-order valence-electron chi connectivity index (χ1n) is 10.2. The number of carbonyl (C=O) groups excluding carboxylic acids is 1. The zero-order valence-corrected chi connectivity index (χ0v) is 17.5. The summed E-state index contributed by atoms with van der Waals surface area (Å²) in [7, 11) is 1.43. The van der Waals surface area contributed by atoms with Gasteiger partial charge in [-0.25, -0.2) is 0 Å². The number of nitrogens with zero attached hydrogens (tertiary/aromatic N) is 1. The predicted octanol–water partition coefficient (Wildman–Crippen LogP) is 1.98. The van der Waals surface area contributed by atoms with E-state index in [1.165, 1.54) is 13.4 Å². The van der Waals surface area contributed by atoms with Crippen molar-refractivity contribution < 1.29 is 28.2 Å². The summed E-state index contributed by atoms with van der Waals surface area (Å²) in [5, 5.41) is 10.8. The van der Waals surface area contributed by atoms with E-state index in [0.29, 0.717) is 37.3 Å². The molecule has 32 heavy (non-hydrogen) atoms. The van der Waals surface area contributed by atoms with E-state index in [0.717, 1.165) is 6.07 Å². The lowest BCUT2D eigenvalue weighted by atomic mass is 9.91. The maximum atomic E-state index is 13.3. The zero-order valence-electron chi connectivity index (χ0n) is 17.5. The molecule has 1 fully saturated rings. The highest BCUT2D eigenvalue weighted by molar-refractivity contribution is 5.79. The molecule has 1 N–H and O–H groups in total. The number of ether oxygens (including phenoxy) is 2. The number of carbonyl (C=O) groups is 1. The Morgan fingerprint density at radius 3 is 2.72 bits per heavy atom. The van der Waals surface area contributed by atoms with Crippen LogP contribution in [-0.4, -0.2) is 49.3 Å². The number of benzene rings is 1. The first-order chi connectivity index (χ1) is 15.5. The Balaban J connectivity index is 1.84. The third-order valence-corrected chi connectivity index (χ3v) is 5.43. The number of fused-ring (bicyclic) bond motifs is 1. The van der Waals surface area contributed by atoms with Gasteiger partial charge < -0.3 is 28.3 Å². The zero-order chi connectivity index (χ0) is 22.7. The second-order valence-corrected chi connectivity index (χ2v) is 7.49. The molecule has 3 aromatic rings. The van der Waals surface area contributed by atoms with Crippen molar-refractivity contribution in [1.82, 2.24) is 4.90 Å². The largest absolute Gasteiger partial charge is 0.502 e. The van der Waals surface area contributed by atoms with E-state index in [4.69, 9.17) is 18.3 Å². The lowest BCUT2D eigenvalue weighted by Crippen LogP contribution is -2.41. The quantitative estimate of drug-likeness (QED) is 0.617. The highest BCUT2D eigenvalue weighted by Gasteiger charge is 2.31. The van der Waals surface area contributed by atoms with E-state index in [9.17, 15) is 19.5 Å². The summed E-state index contributed by atoms with van der Waals surface area (Å²) in [6.07, 6.45) is 1.06. The minimum atomic E-state index is -1.03. The highest BCUT2D eigenvalue weighted by atomic mass is 16.5. The second-order valence-electron chi connectivity index (χ2n) is 7.49. The van der Waals surface area contributed by atoms with Gasteiger partial charge in [0.15, 0.2) is 11.2 Å². The highest BCUT2D eigenvalue weighted by Crippen LogP contribution is 2.33. The maximum Gasteiger partial charge on any atom is 0.227 e. The van der Waals surface area contributed by atoms with Crippen molar-refractivity contribution in [2.24, 2.45) is 0 Å². The van der Waals surface area contributed by atoms with Crippen molar-refractivity contribution in [2.75, 3.05) is 33.4 Å². The second kappa shape index (κ2) is 9.37. The van der Waals surface area contributed by atoms with Crippen LogP contribution in [0.4, 0.5) is 0 Å². The van der Waals surface area contributed by atoms with Gasteiger partial charge in [-0.3, -0.25) is 14.4 Å². The molecular weight excluding hydrogens is 418 g/mol. The maximum absolute atomic E-state index is 13.3. The Morgan fingerprint density at radius 2 is 1.97 bits per heavy atom. The van der Waals surface area contributed by atoms with Gasteiger partial charge in [0.25, 0.3) is 0 Å². The van der Waals surface area contributed by atoms with Gasteiger partial charge in [0.1, 0.15) is 18.0 Å². The standard InChI is InChI=1S/C23H23NO8/c1-29-12-14-10-18(25)22(28)23(32-14)16(11-20(26)24-6-8-30-9-7-24)17-13-31-19-5-3-2-4-15(19)21(17)27/h2-5,10,13,16,28H,6-9,11-12H2,1H3/t16-/m1/s1. The SMILES string of the molecule is COCc1cc(=O)c(O)c([C@H](CC(=O)N2CCOCC2)c2coc3ccccc3c2=O)o1. The minimum Gasteiger partial charge on any atom is -0.502 e. The van der Waals surface area contributed by atoms with Gasteiger partial charge in [0.05, 0.1) is 30.8 Å². The molecule has 2 aromatic heterocycles. The third-order valence-electron chi connectivity index (χ3n) is 5.43. The van der Waals surface area contributed by atoms with Crippen molar-refractivity contribution in [3.63, 3.8) is 0 Å². The number of methoxy groups -OCH3 is 1. The molecule has 0 bridgehead atoms. The van der Waals surface area contributed by atoms with Gasteiger partial charge >= 0.3 is 0 Å². The lowest BCUT2D eigenvalue weighted by Gasteiger charge is -2.28. The molecule has 3 heterocycles. The molecule has 0 saturated carbocycles. The summed E-state index contributed by atoms with van der Waals surface area (Å²) < 4.78 is 21.7. The van der Waals surface area contributed by atoms with Crippen molar-refractivity contribution in [3.8, 4) is 5.75 Å². The fraction of sp³-hybridized carbons (Fsp3) is 0.348. The Kier molecular flexibility index (Phi) is 6.38. The van der Waals surface area contributed by atoms with Crippen LogP contribution in [0.3, 0.4) is 0 Å². The smallest absolute Gasteiger partial charge is 0.227 e. The molecule has 9 heteroatoms. The van der Waals surface area contributed by atoms with Crippen LogP contribution in [-0.2, 0) is 20.9 Å². The van der Waals surface area contributed by atoms with Crippen LogP contribution in [0.25, 0.3) is 11.0 Å². The molecule has 1 amide bonds. The van der Waals surface area contributed by atoms with Crippen molar-refractivity contribution in [3.05, 3.63) is 74.1 Å². The van der Waals surface area contributed by atoms with Crippen molar-refractivity contribution in [1.29, 1.82) is 0 Å². The molecule has 0 radical (unpaired) electrons. The van der Waals surface area contributed by atoms with Crippen LogP contribution in [0.15, 0.2) is 55.0 Å². The Bertz CT molecular complexity index is 1240. The van der Waals surface area contributed by atoms with E-state index < -0.39 is 17.1 Å². The molecule has 1 aliphatic heterocycles. The summed E-state index contributed by atoms with van der Waals surface area (Å²) in [6, 6.07) is 7.83. The molecule has 4 rings (SSSR count). The van der Waals surface area contributed by atoms with Crippen LogP contribution >= 0.6 is 0 Å². The molecule has 0 aliphatic carbocycles. The Labute approximate surface area is 182 Å². The van der Waals surface area contributed by atoms with Gasteiger partial charge in [-0.2, -0.15) is 0 Å². The summed E-state index contributed by atoms with van der Waals surface area (Å²) in [5.41, 5.74) is -0.560. The molecule has 0 spiro atoms. The third kappa shape index (κ3) is 4.30. The Morgan fingerprint density at radius 1 is 1.22 bits per heavy atom. The van der Waals surface area contributed by atoms with Gasteiger partial charge in [-0.15, -0.1) is 0 Å². The molecule has 1 saturated heterocycles. The monoisotopic (exact) mass is 441 g/mol. The number of rotatable bonds is 6. The number of morpholine rings is 1. The average Bonchev–Trinajstić information content (AvgIpc) is 2.81. The van der Waals surface area contributed by atoms with Crippen molar-refractivity contribution in [2.45, 2.75) is 18.9 Å². The van der Waals surface area contributed by atoms with Crippen molar-refractivity contribution >= 4 is 16.9 Å². The topological polar surface area (TPSA) is 119 Å². The number of aromatic hydroxyl groups is 1. The fourth-order valence-corrected chi connectivity index (χ4v) is 3.80. The summed E-state index contributed by atoms with van der Waals surface area (Å²) in [4.78, 5) is 40.3. The molecule has 168 valence electrons. The number of amides is 1. The summed E-state index contributed by atoms with van der Waals surface area (Å²) >= 11 is 0. The van der Waals surface area contributed by atoms with Gasteiger partial charge in [0, 0.05) is 38.2 Å². The number of hydrogen-bond donors (Lipinski definition) is 1. The fourth-order valence-electron chi connectivity index (χ4n) is 3.80. The van der Waals surface area contributed by atoms with Crippen LogP contribution in [0.2, 0.25) is 0 Å². The first-order valence-corrected chi connectivity index (χ1v) is 10.2. The Hall–Kier alpha value is -3.43. The van der Waals surface area contributed by atoms with E-state index in [1.807, 2.05) is 0 Å². The molecular formula is C23H23NO8. The predicted molar refractivity (Wildman–Crippen MR) is 114 cm³/mol. The lowest BCUT2D eigenvalue weighted by molar-refractivity contribution is -0.135. The minimum absolute atomic E-state index is 0.0149.